The maximum atomic E-state index is 11.2. The van der Waals surface area contributed by atoms with Gasteiger partial charge in [-0.25, -0.2) is 9.78 Å². The van der Waals surface area contributed by atoms with Crippen LogP contribution >= 0.6 is 23.1 Å². The Bertz CT molecular complexity index is 348. The number of rotatable bonds is 2. The van der Waals surface area contributed by atoms with Crippen molar-refractivity contribution >= 4 is 34.2 Å². The molecule has 4 nitrogen and oxygen atoms in total. The van der Waals surface area contributed by atoms with Crippen LogP contribution in [0.2, 0.25) is 0 Å². The van der Waals surface area contributed by atoms with E-state index in [0.29, 0.717) is 4.88 Å². The Balaban J connectivity index is 2.08. The molecule has 0 saturated carbocycles. The van der Waals surface area contributed by atoms with E-state index < -0.39 is 0 Å². The van der Waals surface area contributed by atoms with Crippen molar-refractivity contribution in [2.24, 2.45) is 0 Å². The molecule has 0 amide bonds. The molecular weight excluding hydrogens is 232 g/mol. The highest BCUT2D eigenvalue weighted by Gasteiger charge is 2.17. The van der Waals surface area contributed by atoms with Crippen molar-refractivity contribution < 1.29 is 9.53 Å². The molecule has 0 spiro atoms. The molecule has 82 valence electrons. The molecule has 0 aromatic carbocycles. The lowest BCUT2D eigenvalue weighted by atomic mass is 10.5. The molecular formula is C9H12N2O2S2. The molecule has 2 rings (SSSR count). The molecule has 2 heterocycles. The maximum Gasteiger partial charge on any atom is 0.349 e. The Morgan fingerprint density at radius 1 is 1.53 bits per heavy atom. The zero-order chi connectivity index (χ0) is 10.7. The lowest BCUT2D eigenvalue weighted by Crippen LogP contribution is -2.32. The van der Waals surface area contributed by atoms with E-state index >= 15 is 0 Å². The van der Waals surface area contributed by atoms with E-state index in [-0.39, 0.29) is 5.97 Å². The number of methoxy groups -OCH3 is 1. The summed E-state index contributed by atoms with van der Waals surface area (Å²) < 4.78 is 4.65. The van der Waals surface area contributed by atoms with Gasteiger partial charge in [-0.2, -0.15) is 11.8 Å². The average molecular weight is 244 g/mol. The van der Waals surface area contributed by atoms with E-state index in [1.54, 1.807) is 6.20 Å². The van der Waals surface area contributed by atoms with Crippen molar-refractivity contribution in [2.45, 2.75) is 0 Å². The fourth-order valence-corrected chi connectivity index (χ4v) is 3.15. The van der Waals surface area contributed by atoms with Crippen LogP contribution in [-0.4, -0.2) is 42.7 Å². The second kappa shape index (κ2) is 4.85. The molecule has 0 atom stereocenters. The van der Waals surface area contributed by atoms with Crippen LogP contribution in [0, 0.1) is 0 Å². The number of thioether (sulfide) groups is 1. The number of esters is 1. The van der Waals surface area contributed by atoms with Gasteiger partial charge in [0.2, 0.25) is 0 Å². The fourth-order valence-electron chi connectivity index (χ4n) is 1.36. The molecule has 6 heteroatoms. The summed E-state index contributed by atoms with van der Waals surface area (Å²) in [6, 6.07) is 0. The van der Waals surface area contributed by atoms with E-state index in [1.165, 1.54) is 18.4 Å². The summed E-state index contributed by atoms with van der Waals surface area (Å²) in [5.41, 5.74) is 0. The third kappa shape index (κ3) is 2.43. The predicted octanol–water partition coefficient (Wildman–Crippen LogP) is 1.48. The number of hydrogen-bond acceptors (Lipinski definition) is 6. The molecule has 0 bridgehead atoms. The van der Waals surface area contributed by atoms with Gasteiger partial charge >= 0.3 is 5.97 Å². The van der Waals surface area contributed by atoms with Crippen LogP contribution in [0.4, 0.5) is 5.13 Å². The summed E-state index contributed by atoms with van der Waals surface area (Å²) in [5, 5.41) is 0.927. The van der Waals surface area contributed by atoms with Gasteiger partial charge < -0.3 is 9.64 Å². The zero-order valence-corrected chi connectivity index (χ0v) is 10.1. The lowest BCUT2D eigenvalue weighted by Gasteiger charge is -2.25. The molecule has 1 fully saturated rings. The molecule has 15 heavy (non-hydrogen) atoms. The molecule has 0 N–H and O–H groups in total. The molecule has 0 unspecified atom stereocenters. The van der Waals surface area contributed by atoms with Gasteiger partial charge in [0.05, 0.1) is 13.3 Å². The number of carbonyl (C=O) groups excluding carboxylic acids is 1. The first-order valence-corrected chi connectivity index (χ1v) is 6.65. The highest BCUT2D eigenvalue weighted by atomic mass is 32.2. The van der Waals surface area contributed by atoms with E-state index in [9.17, 15) is 4.79 Å². The quantitative estimate of drug-likeness (QED) is 0.737. The van der Waals surface area contributed by atoms with Crippen molar-refractivity contribution in [2.75, 3.05) is 36.6 Å². The number of aromatic nitrogens is 1. The highest BCUT2D eigenvalue weighted by Crippen LogP contribution is 2.25. The van der Waals surface area contributed by atoms with Crippen LogP contribution in [0.1, 0.15) is 9.67 Å². The minimum Gasteiger partial charge on any atom is -0.465 e. The summed E-state index contributed by atoms with van der Waals surface area (Å²) in [5.74, 6) is 1.96. The molecule has 0 aliphatic carbocycles. The highest BCUT2D eigenvalue weighted by molar-refractivity contribution is 7.99. The van der Waals surface area contributed by atoms with Crippen LogP contribution in [-0.2, 0) is 4.74 Å². The lowest BCUT2D eigenvalue weighted by molar-refractivity contribution is 0.0606. The number of thiazole rings is 1. The van der Waals surface area contributed by atoms with Gasteiger partial charge in [0.1, 0.15) is 4.88 Å². The largest absolute Gasteiger partial charge is 0.465 e. The first kappa shape index (κ1) is 10.8. The Morgan fingerprint density at radius 3 is 2.93 bits per heavy atom. The Kier molecular flexibility index (Phi) is 3.48. The fraction of sp³-hybridized carbons (Fsp3) is 0.556. The number of ether oxygens (including phenoxy) is 1. The Hall–Kier alpha value is -0.750. The van der Waals surface area contributed by atoms with Crippen molar-refractivity contribution in [1.82, 2.24) is 4.98 Å². The predicted molar refractivity (Wildman–Crippen MR) is 63.0 cm³/mol. The Morgan fingerprint density at radius 2 is 2.27 bits per heavy atom. The summed E-state index contributed by atoms with van der Waals surface area (Å²) in [7, 11) is 1.39. The van der Waals surface area contributed by atoms with Crippen molar-refractivity contribution in [1.29, 1.82) is 0 Å². The van der Waals surface area contributed by atoms with Crippen molar-refractivity contribution in [3.8, 4) is 0 Å². The Labute approximate surface area is 96.6 Å². The van der Waals surface area contributed by atoms with Gasteiger partial charge in [-0.3, -0.25) is 0 Å². The van der Waals surface area contributed by atoms with Gasteiger partial charge in [0, 0.05) is 24.6 Å². The number of carbonyl (C=O) groups is 1. The van der Waals surface area contributed by atoms with E-state index in [1.807, 2.05) is 11.8 Å². The van der Waals surface area contributed by atoms with Gasteiger partial charge in [-0.05, 0) is 0 Å². The third-order valence-electron chi connectivity index (χ3n) is 2.16. The molecule has 1 aromatic rings. The standard InChI is InChI=1S/C9H12N2O2S2/c1-13-8(12)7-6-10-9(15-7)11-2-4-14-5-3-11/h6H,2-5H2,1H3. The van der Waals surface area contributed by atoms with E-state index in [2.05, 4.69) is 14.6 Å². The number of anilines is 1. The topological polar surface area (TPSA) is 42.4 Å². The summed E-state index contributed by atoms with van der Waals surface area (Å²) >= 11 is 3.36. The number of hydrogen-bond donors (Lipinski definition) is 0. The molecule has 1 saturated heterocycles. The van der Waals surface area contributed by atoms with Crippen LogP contribution in [0.3, 0.4) is 0 Å². The molecule has 0 radical (unpaired) electrons. The van der Waals surface area contributed by atoms with E-state index in [0.717, 1.165) is 29.7 Å². The smallest absolute Gasteiger partial charge is 0.349 e. The summed E-state index contributed by atoms with van der Waals surface area (Å²) in [4.78, 5) is 18.3. The van der Waals surface area contributed by atoms with Gasteiger partial charge in [-0.1, -0.05) is 11.3 Å². The maximum absolute atomic E-state index is 11.2. The molecule has 1 aliphatic heterocycles. The van der Waals surface area contributed by atoms with Crippen LogP contribution < -0.4 is 4.90 Å². The first-order chi connectivity index (χ1) is 7.31. The van der Waals surface area contributed by atoms with Crippen LogP contribution in [0.15, 0.2) is 6.20 Å². The second-order valence-electron chi connectivity index (χ2n) is 3.10. The zero-order valence-electron chi connectivity index (χ0n) is 8.43. The normalized spacial score (nSPS) is 16.5. The first-order valence-electron chi connectivity index (χ1n) is 4.68. The number of nitrogens with zero attached hydrogens (tertiary/aromatic N) is 2. The van der Waals surface area contributed by atoms with Gasteiger partial charge in [0.25, 0.3) is 0 Å². The van der Waals surface area contributed by atoms with Crippen LogP contribution in [0.5, 0.6) is 0 Å². The SMILES string of the molecule is COC(=O)c1cnc(N2CCSCC2)s1. The van der Waals surface area contributed by atoms with Gasteiger partial charge in [-0.15, -0.1) is 0 Å². The summed E-state index contributed by atoms with van der Waals surface area (Å²) in [6.07, 6.45) is 1.59. The minimum atomic E-state index is -0.301. The average Bonchev–Trinajstić information content (AvgIpc) is 2.78. The minimum absolute atomic E-state index is 0.301. The van der Waals surface area contributed by atoms with E-state index in [4.69, 9.17) is 0 Å². The molecule has 1 aliphatic rings. The summed E-state index contributed by atoms with van der Waals surface area (Å²) in [6.45, 7) is 2.03. The molecule has 1 aromatic heterocycles. The van der Waals surface area contributed by atoms with Crippen molar-refractivity contribution in [3.63, 3.8) is 0 Å². The van der Waals surface area contributed by atoms with Crippen LogP contribution in [0.25, 0.3) is 0 Å². The second-order valence-corrected chi connectivity index (χ2v) is 5.33. The third-order valence-corrected chi connectivity index (χ3v) is 4.14. The van der Waals surface area contributed by atoms with Gasteiger partial charge in [0.15, 0.2) is 5.13 Å². The van der Waals surface area contributed by atoms with Crippen molar-refractivity contribution in [3.05, 3.63) is 11.1 Å². The monoisotopic (exact) mass is 244 g/mol.